The molecule has 0 spiro atoms. The fourth-order valence-corrected chi connectivity index (χ4v) is 4.51. The Hall–Kier alpha value is -0.0400. The van der Waals surface area contributed by atoms with E-state index < -0.39 is 0 Å². The summed E-state index contributed by atoms with van der Waals surface area (Å²) < 4.78 is 0. The van der Waals surface area contributed by atoms with Crippen molar-refractivity contribution in [1.29, 1.82) is 0 Å². The lowest BCUT2D eigenvalue weighted by atomic mass is 9.72. The average molecular weight is 221 g/mol. The van der Waals surface area contributed by atoms with Crippen LogP contribution in [0.15, 0.2) is 0 Å². The minimum Gasteiger partial charge on any atom is -0.310 e. The van der Waals surface area contributed by atoms with E-state index in [9.17, 15) is 0 Å². The largest absolute Gasteiger partial charge is 0.310 e. The second-order valence-corrected chi connectivity index (χ2v) is 7.23. The summed E-state index contributed by atoms with van der Waals surface area (Å²) >= 11 is 0. The molecule has 3 aliphatic rings. The van der Waals surface area contributed by atoms with E-state index >= 15 is 0 Å². The fraction of sp³-hybridized carbons (Fsp3) is 1.00. The Balaban J connectivity index is 1.61. The smallest absolute Gasteiger partial charge is 0.0121 e. The second-order valence-electron chi connectivity index (χ2n) is 7.23. The van der Waals surface area contributed by atoms with Gasteiger partial charge in [0.25, 0.3) is 0 Å². The number of fused-ring (bicyclic) bond motifs is 2. The van der Waals surface area contributed by atoms with Gasteiger partial charge in [0.2, 0.25) is 0 Å². The van der Waals surface area contributed by atoms with Crippen molar-refractivity contribution >= 4 is 0 Å². The van der Waals surface area contributed by atoms with Crippen molar-refractivity contribution in [3.8, 4) is 0 Å². The van der Waals surface area contributed by atoms with E-state index in [4.69, 9.17) is 0 Å². The minimum absolute atomic E-state index is 0.542. The summed E-state index contributed by atoms with van der Waals surface area (Å²) in [5.41, 5.74) is 0.542. The summed E-state index contributed by atoms with van der Waals surface area (Å²) in [6.45, 7) is 4.94. The third kappa shape index (κ3) is 1.92. The van der Waals surface area contributed by atoms with E-state index in [0.717, 1.165) is 23.9 Å². The van der Waals surface area contributed by atoms with Gasteiger partial charge in [0.05, 0.1) is 0 Å². The summed E-state index contributed by atoms with van der Waals surface area (Å²) in [5, 5.41) is 4.04. The van der Waals surface area contributed by atoms with Crippen LogP contribution in [0.25, 0.3) is 0 Å². The van der Waals surface area contributed by atoms with Crippen molar-refractivity contribution in [3.05, 3.63) is 0 Å². The monoisotopic (exact) mass is 221 g/mol. The number of rotatable bonds is 2. The lowest BCUT2D eigenvalue weighted by Crippen LogP contribution is -2.50. The Labute approximate surface area is 100 Å². The van der Waals surface area contributed by atoms with Crippen LogP contribution in [0.5, 0.6) is 0 Å². The Morgan fingerprint density at radius 3 is 2.50 bits per heavy atom. The first kappa shape index (κ1) is 11.1. The second kappa shape index (κ2) is 4.01. The molecule has 0 aromatic rings. The zero-order chi connectivity index (χ0) is 11.2. The van der Waals surface area contributed by atoms with Crippen LogP contribution in [0.1, 0.15) is 65.2 Å². The first-order valence-corrected chi connectivity index (χ1v) is 7.41. The molecule has 0 aliphatic heterocycles. The van der Waals surface area contributed by atoms with Crippen LogP contribution in [0.4, 0.5) is 0 Å². The maximum absolute atomic E-state index is 4.04. The SMILES string of the molecule is CC1(C)CCCCC1NC1CC2CCC1C2. The molecular formula is C15H27N. The predicted molar refractivity (Wildman–Crippen MR) is 68.4 cm³/mol. The molecule has 3 rings (SSSR count). The molecule has 1 heteroatoms. The van der Waals surface area contributed by atoms with Crippen LogP contribution >= 0.6 is 0 Å². The van der Waals surface area contributed by atoms with Crippen LogP contribution in [-0.2, 0) is 0 Å². The van der Waals surface area contributed by atoms with Gasteiger partial charge in [-0.2, -0.15) is 0 Å². The van der Waals surface area contributed by atoms with Crippen molar-refractivity contribution in [2.75, 3.05) is 0 Å². The molecular weight excluding hydrogens is 194 g/mol. The molecule has 4 unspecified atom stereocenters. The van der Waals surface area contributed by atoms with Gasteiger partial charge in [0.1, 0.15) is 0 Å². The van der Waals surface area contributed by atoms with Gasteiger partial charge >= 0.3 is 0 Å². The van der Waals surface area contributed by atoms with E-state index in [1.54, 1.807) is 0 Å². The lowest BCUT2D eigenvalue weighted by Gasteiger charge is -2.42. The van der Waals surface area contributed by atoms with E-state index in [1.165, 1.54) is 51.4 Å². The Kier molecular flexibility index (Phi) is 2.78. The third-order valence-corrected chi connectivity index (χ3v) is 5.66. The van der Waals surface area contributed by atoms with Gasteiger partial charge in [-0.3, -0.25) is 0 Å². The Morgan fingerprint density at radius 1 is 1.00 bits per heavy atom. The quantitative estimate of drug-likeness (QED) is 0.749. The van der Waals surface area contributed by atoms with Crippen LogP contribution in [0.3, 0.4) is 0 Å². The zero-order valence-corrected chi connectivity index (χ0v) is 11.0. The minimum atomic E-state index is 0.542. The highest BCUT2D eigenvalue weighted by Gasteiger charge is 2.42. The van der Waals surface area contributed by atoms with Gasteiger partial charge in [-0.1, -0.05) is 33.1 Å². The van der Waals surface area contributed by atoms with Crippen molar-refractivity contribution in [3.63, 3.8) is 0 Å². The van der Waals surface area contributed by atoms with E-state index in [-0.39, 0.29) is 0 Å². The summed E-state index contributed by atoms with van der Waals surface area (Å²) in [7, 11) is 0. The van der Waals surface area contributed by atoms with E-state index in [0.29, 0.717) is 5.41 Å². The van der Waals surface area contributed by atoms with Crippen LogP contribution in [-0.4, -0.2) is 12.1 Å². The van der Waals surface area contributed by atoms with Crippen LogP contribution in [0, 0.1) is 17.3 Å². The summed E-state index contributed by atoms with van der Waals surface area (Å²) in [5.74, 6) is 2.11. The average Bonchev–Trinajstić information content (AvgIpc) is 2.82. The molecule has 0 saturated heterocycles. The van der Waals surface area contributed by atoms with E-state index in [1.807, 2.05) is 0 Å². The zero-order valence-electron chi connectivity index (χ0n) is 11.0. The van der Waals surface area contributed by atoms with Gasteiger partial charge in [-0.25, -0.2) is 0 Å². The van der Waals surface area contributed by atoms with Gasteiger partial charge in [0.15, 0.2) is 0 Å². The molecule has 0 heterocycles. The molecule has 4 atom stereocenters. The normalized spacial score (nSPS) is 46.1. The highest BCUT2D eigenvalue weighted by atomic mass is 15.0. The van der Waals surface area contributed by atoms with Crippen LogP contribution < -0.4 is 5.32 Å². The fourth-order valence-electron chi connectivity index (χ4n) is 4.51. The molecule has 0 amide bonds. The molecule has 1 nitrogen and oxygen atoms in total. The Bertz CT molecular complexity index is 258. The lowest BCUT2D eigenvalue weighted by molar-refractivity contribution is 0.142. The van der Waals surface area contributed by atoms with Crippen LogP contribution in [0.2, 0.25) is 0 Å². The molecule has 92 valence electrons. The highest BCUT2D eigenvalue weighted by molar-refractivity contribution is 4.98. The molecule has 0 radical (unpaired) electrons. The van der Waals surface area contributed by atoms with Gasteiger partial charge in [-0.05, 0) is 49.4 Å². The predicted octanol–water partition coefficient (Wildman–Crippen LogP) is 3.73. The maximum Gasteiger partial charge on any atom is 0.0121 e. The van der Waals surface area contributed by atoms with E-state index in [2.05, 4.69) is 19.2 Å². The molecule has 0 aromatic carbocycles. The number of nitrogens with one attached hydrogen (secondary N) is 1. The van der Waals surface area contributed by atoms with Crippen molar-refractivity contribution in [1.82, 2.24) is 5.32 Å². The standard InChI is InChI=1S/C15H27N/c1-15(2)8-4-3-5-14(15)16-13-10-11-6-7-12(13)9-11/h11-14,16H,3-10H2,1-2H3. The molecule has 2 bridgehead atoms. The molecule has 3 fully saturated rings. The highest BCUT2D eigenvalue weighted by Crippen LogP contribution is 2.46. The summed E-state index contributed by atoms with van der Waals surface area (Å²) in [6.07, 6.45) is 11.8. The van der Waals surface area contributed by atoms with Crippen molar-refractivity contribution in [2.45, 2.75) is 77.3 Å². The number of hydrogen-bond donors (Lipinski definition) is 1. The molecule has 3 saturated carbocycles. The van der Waals surface area contributed by atoms with Gasteiger partial charge < -0.3 is 5.32 Å². The Morgan fingerprint density at radius 2 is 1.88 bits per heavy atom. The van der Waals surface area contributed by atoms with Crippen molar-refractivity contribution in [2.24, 2.45) is 17.3 Å². The third-order valence-electron chi connectivity index (χ3n) is 5.66. The first-order chi connectivity index (χ1) is 7.65. The van der Waals surface area contributed by atoms with Gasteiger partial charge in [0, 0.05) is 12.1 Å². The number of hydrogen-bond acceptors (Lipinski definition) is 1. The molecule has 3 aliphatic carbocycles. The molecule has 1 N–H and O–H groups in total. The summed E-state index contributed by atoms with van der Waals surface area (Å²) in [4.78, 5) is 0. The topological polar surface area (TPSA) is 12.0 Å². The maximum atomic E-state index is 4.04. The van der Waals surface area contributed by atoms with Crippen molar-refractivity contribution < 1.29 is 0 Å². The summed E-state index contributed by atoms with van der Waals surface area (Å²) in [6, 6.07) is 1.67. The van der Waals surface area contributed by atoms with Gasteiger partial charge in [-0.15, -0.1) is 0 Å². The molecule has 0 aromatic heterocycles. The first-order valence-electron chi connectivity index (χ1n) is 7.41. The molecule has 16 heavy (non-hydrogen) atoms.